The second-order valence-corrected chi connectivity index (χ2v) is 6.86. The van der Waals surface area contributed by atoms with Crippen LogP contribution in [0.25, 0.3) is 6.08 Å². The SMILES string of the molecule is COc1ccc(Cl)cc1NC(=O)/C(C#N)=C/c1ccc(N(C)C)c(Br)c1. The molecule has 2 aromatic rings. The third kappa shape index (κ3) is 4.78. The van der Waals surface area contributed by atoms with Crippen LogP contribution in [-0.2, 0) is 4.79 Å². The molecule has 1 N–H and O–H groups in total. The van der Waals surface area contributed by atoms with E-state index in [0.717, 1.165) is 15.7 Å². The lowest BCUT2D eigenvalue weighted by Crippen LogP contribution is -2.14. The fraction of sp³-hybridized carbons (Fsp3) is 0.158. The van der Waals surface area contributed by atoms with Gasteiger partial charge in [-0.25, -0.2) is 0 Å². The van der Waals surface area contributed by atoms with Crippen molar-refractivity contribution in [1.29, 1.82) is 5.26 Å². The second-order valence-electron chi connectivity index (χ2n) is 5.57. The summed E-state index contributed by atoms with van der Waals surface area (Å²) in [5.41, 5.74) is 2.09. The molecule has 0 aromatic heterocycles. The van der Waals surface area contributed by atoms with E-state index in [9.17, 15) is 10.1 Å². The summed E-state index contributed by atoms with van der Waals surface area (Å²) in [5.74, 6) is -0.0843. The number of benzene rings is 2. The number of hydrogen-bond donors (Lipinski definition) is 1. The summed E-state index contributed by atoms with van der Waals surface area (Å²) in [6.45, 7) is 0. The number of rotatable bonds is 5. The molecule has 0 unspecified atom stereocenters. The van der Waals surface area contributed by atoms with Gasteiger partial charge in [-0.3, -0.25) is 4.79 Å². The number of halogens is 2. The van der Waals surface area contributed by atoms with Gasteiger partial charge in [-0.1, -0.05) is 17.7 Å². The number of amides is 1. The molecule has 0 saturated heterocycles. The zero-order valence-corrected chi connectivity index (χ0v) is 16.9. The number of nitriles is 1. The minimum absolute atomic E-state index is 0.0310. The summed E-state index contributed by atoms with van der Waals surface area (Å²) in [6.07, 6.45) is 1.52. The number of carbonyl (C=O) groups is 1. The van der Waals surface area contributed by atoms with Crippen molar-refractivity contribution in [3.8, 4) is 11.8 Å². The Morgan fingerprint density at radius 3 is 2.62 bits per heavy atom. The first kappa shape index (κ1) is 19.8. The van der Waals surface area contributed by atoms with Gasteiger partial charge in [-0.2, -0.15) is 5.26 Å². The summed E-state index contributed by atoms with van der Waals surface area (Å²) in [6, 6.07) is 12.4. The molecule has 26 heavy (non-hydrogen) atoms. The Kier molecular flexibility index (Phi) is 6.67. The van der Waals surface area contributed by atoms with Gasteiger partial charge in [0, 0.05) is 23.6 Å². The molecule has 0 bridgehead atoms. The normalized spacial score (nSPS) is 10.8. The number of anilines is 2. The Labute approximate surface area is 166 Å². The van der Waals surface area contributed by atoms with Crippen LogP contribution in [0.5, 0.6) is 5.75 Å². The van der Waals surface area contributed by atoms with E-state index >= 15 is 0 Å². The minimum atomic E-state index is -0.541. The molecule has 5 nitrogen and oxygen atoms in total. The van der Waals surface area contributed by atoms with Gasteiger partial charge in [0.05, 0.1) is 18.5 Å². The highest BCUT2D eigenvalue weighted by Gasteiger charge is 2.13. The van der Waals surface area contributed by atoms with Gasteiger partial charge in [0.15, 0.2) is 0 Å². The van der Waals surface area contributed by atoms with E-state index in [2.05, 4.69) is 21.2 Å². The fourth-order valence-corrected chi connectivity index (χ4v) is 3.18. The lowest BCUT2D eigenvalue weighted by molar-refractivity contribution is -0.112. The van der Waals surface area contributed by atoms with Crippen molar-refractivity contribution in [2.45, 2.75) is 0 Å². The molecule has 134 valence electrons. The standard InChI is InChI=1S/C19H17BrClN3O2/c1-24(2)17-6-4-12(9-15(17)20)8-13(11-22)19(25)23-16-10-14(21)5-7-18(16)26-3/h4-10H,1-3H3,(H,23,25)/b13-8+. The topological polar surface area (TPSA) is 65.4 Å². The van der Waals surface area contributed by atoms with E-state index in [0.29, 0.717) is 16.5 Å². The Morgan fingerprint density at radius 1 is 1.31 bits per heavy atom. The van der Waals surface area contributed by atoms with E-state index in [1.165, 1.54) is 13.2 Å². The first-order valence-corrected chi connectivity index (χ1v) is 8.76. The Hall–Kier alpha value is -2.49. The number of nitrogens with one attached hydrogen (secondary N) is 1. The average molecular weight is 435 g/mol. The average Bonchev–Trinajstić information content (AvgIpc) is 2.59. The molecule has 0 aliphatic rings. The molecule has 2 aromatic carbocycles. The predicted octanol–water partition coefficient (Wildman–Crippen LogP) is 4.72. The van der Waals surface area contributed by atoms with E-state index in [4.69, 9.17) is 16.3 Å². The van der Waals surface area contributed by atoms with Crippen LogP contribution in [0, 0.1) is 11.3 Å². The zero-order chi connectivity index (χ0) is 19.3. The quantitative estimate of drug-likeness (QED) is 0.546. The van der Waals surface area contributed by atoms with Crippen molar-refractivity contribution in [1.82, 2.24) is 0 Å². The zero-order valence-electron chi connectivity index (χ0n) is 14.5. The monoisotopic (exact) mass is 433 g/mol. The molecule has 1 amide bonds. The van der Waals surface area contributed by atoms with Crippen LogP contribution in [0.3, 0.4) is 0 Å². The molecule has 0 fully saturated rings. The van der Waals surface area contributed by atoms with Crippen molar-refractivity contribution in [3.63, 3.8) is 0 Å². The van der Waals surface area contributed by atoms with E-state index in [1.54, 1.807) is 18.2 Å². The van der Waals surface area contributed by atoms with Crippen molar-refractivity contribution in [2.75, 3.05) is 31.4 Å². The van der Waals surface area contributed by atoms with Crippen molar-refractivity contribution < 1.29 is 9.53 Å². The molecule has 0 heterocycles. The lowest BCUT2D eigenvalue weighted by atomic mass is 10.1. The van der Waals surface area contributed by atoms with Gasteiger partial charge < -0.3 is 15.0 Å². The van der Waals surface area contributed by atoms with Gasteiger partial charge in [0.2, 0.25) is 0 Å². The number of hydrogen-bond acceptors (Lipinski definition) is 4. The van der Waals surface area contributed by atoms with Gasteiger partial charge >= 0.3 is 0 Å². The highest BCUT2D eigenvalue weighted by Crippen LogP contribution is 2.29. The molecule has 0 spiro atoms. The second kappa shape index (κ2) is 8.75. The number of ether oxygens (including phenoxy) is 1. The minimum Gasteiger partial charge on any atom is -0.495 e. The van der Waals surface area contributed by atoms with Crippen molar-refractivity contribution in [3.05, 3.63) is 57.0 Å². The van der Waals surface area contributed by atoms with Crippen molar-refractivity contribution in [2.24, 2.45) is 0 Å². The first-order valence-electron chi connectivity index (χ1n) is 7.59. The number of nitrogens with zero attached hydrogens (tertiary/aromatic N) is 2. The van der Waals surface area contributed by atoms with Crippen LogP contribution >= 0.6 is 27.5 Å². The van der Waals surface area contributed by atoms with Gasteiger partial charge in [0.1, 0.15) is 17.4 Å². The van der Waals surface area contributed by atoms with Crippen LogP contribution in [0.1, 0.15) is 5.56 Å². The van der Waals surface area contributed by atoms with E-state index in [1.807, 2.05) is 43.3 Å². The number of methoxy groups -OCH3 is 1. The molecular weight excluding hydrogens is 418 g/mol. The maximum absolute atomic E-state index is 12.5. The van der Waals surface area contributed by atoms with Crippen LogP contribution in [0.2, 0.25) is 5.02 Å². The third-order valence-electron chi connectivity index (χ3n) is 3.54. The molecular formula is C19H17BrClN3O2. The fourth-order valence-electron chi connectivity index (χ4n) is 2.26. The first-order chi connectivity index (χ1) is 12.3. The summed E-state index contributed by atoms with van der Waals surface area (Å²) >= 11 is 9.45. The maximum atomic E-state index is 12.5. The van der Waals surface area contributed by atoms with Gasteiger partial charge in [-0.05, 0) is 57.9 Å². The van der Waals surface area contributed by atoms with Crippen LogP contribution in [0.4, 0.5) is 11.4 Å². The lowest BCUT2D eigenvalue weighted by Gasteiger charge is -2.14. The highest BCUT2D eigenvalue weighted by molar-refractivity contribution is 9.10. The summed E-state index contributed by atoms with van der Waals surface area (Å²) < 4.78 is 6.06. The van der Waals surface area contributed by atoms with Crippen LogP contribution in [0.15, 0.2) is 46.4 Å². The third-order valence-corrected chi connectivity index (χ3v) is 4.41. The Morgan fingerprint density at radius 2 is 2.04 bits per heavy atom. The molecule has 0 aliphatic carbocycles. The smallest absolute Gasteiger partial charge is 0.266 e. The Balaban J connectivity index is 2.29. The molecule has 0 saturated carbocycles. The summed E-state index contributed by atoms with van der Waals surface area (Å²) in [7, 11) is 5.36. The van der Waals surface area contributed by atoms with E-state index < -0.39 is 5.91 Å². The molecule has 2 rings (SSSR count). The summed E-state index contributed by atoms with van der Waals surface area (Å²) in [5, 5.41) is 12.5. The van der Waals surface area contributed by atoms with Crippen molar-refractivity contribution >= 4 is 50.9 Å². The maximum Gasteiger partial charge on any atom is 0.266 e. The van der Waals surface area contributed by atoms with Crippen LogP contribution < -0.4 is 15.0 Å². The predicted molar refractivity (Wildman–Crippen MR) is 109 cm³/mol. The number of carbonyl (C=O) groups excluding carboxylic acids is 1. The van der Waals surface area contributed by atoms with E-state index in [-0.39, 0.29) is 5.57 Å². The van der Waals surface area contributed by atoms with Crippen LogP contribution in [-0.4, -0.2) is 27.1 Å². The molecule has 7 heteroatoms. The molecule has 0 radical (unpaired) electrons. The molecule has 0 atom stereocenters. The largest absolute Gasteiger partial charge is 0.495 e. The highest BCUT2D eigenvalue weighted by atomic mass is 79.9. The Bertz CT molecular complexity index is 904. The molecule has 0 aliphatic heterocycles. The van der Waals surface area contributed by atoms with Gasteiger partial charge in [-0.15, -0.1) is 0 Å². The summed E-state index contributed by atoms with van der Waals surface area (Å²) in [4.78, 5) is 14.4. The van der Waals surface area contributed by atoms with Gasteiger partial charge in [0.25, 0.3) is 5.91 Å².